The second kappa shape index (κ2) is 9.63. The van der Waals surface area contributed by atoms with Gasteiger partial charge in [0.05, 0.1) is 18.7 Å². The van der Waals surface area contributed by atoms with Crippen LogP contribution in [0.4, 0.5) is 0 Å². The van der Waals surface area contributed by atoms with Crippen molar-refractivity contribution in [2.24, 2.45) is 0 Å². The Morgan fingerprint density at radius 2 is 2.09 bits per heavy atom. The summed E-state index contributed by atoms with van der Waals surface area (Å²) in [5.41, 5.74) is 3.92. The zero-order valence-corrected chi connectivity index (χ0v) is 18.7. The van der Waals surface area contributed by atoms with Gasteiger partial charge >= 0.3 is 0 Å². The van der Waals surface area contributed by atoms with Crippen LogP contribution in [0.15, 0.2) is 48.5 Å². The maximum Gasteiger partial charge on any atom is 0.268 e. The standard InChI is InChI=1S/C25H28ClN3O3/c26-18-8-9-20-17(13-18)15-22(28-20)25(30)29-21-14-16-5-1-2-6-19(16)24(21)27-10-12-32-23-7-3-4-11-31-23/h1-2,5-6,8-9,13,15,21,23-24,27-28H,3-4,7,10-12,14H2,(H,29,30). The molecule has 1 amide bonds. The van der Waals surface area contributed by atoms with Crippen LogP contribution in [-0.4, -0.2) is 43.0 Å². The van der Waals surface area contributed by atoms with E-state index in [0.29, 0.717) is 23.9 Å². The van der Waals surface area contributed by atoms with E-state index in [1.54, 1.807) is 0 Å². The Morgan fingerprint density at radius 3 is 2.97 bits per heavy atom. The zero-order chi connectivity index (χ0) is 21.9. The molecule has 0 bridgehead atoms. The van der Waals surface area contributed by atoms with Crippen molar-refractivity contribution in [3.63, 3.8) is 0 Å². The van der Waals surface area contributed by atoms with Gasteiger partial charge in [-0.2, -0.15) is 0 Å². The lowest BCUT2D eigenvalue weighted by Gasteiger charge is -2.25. The molecule has 2 aliphatic rings. The Morgan fingerprint density at radius 1 is 1.19 bits per heavy atom. The van der Waals surface area contributed by atoms with Crippen LogP contribution >= 0.6 is 11.6 Å². The van der Waals surface area contributed by atoms with Crippen molar-refractivity contribution >= 4 is 28.4 Å². The van der Waals surface area contributed by atoms with Crippen molar-refractivity contribution in [1.29, 1.82) is 0 Å². The fourth-order valence-electron chi connectivity index (χ4n) is 4.70. The number of carbonyl (C=O) groups is 1. The molecule has 1 aliphatic carbocycles. The molecule has 1 aliphatic heterocycles. The third kappa shape index (κ3) is 4.69. The number of aromatic nitrogens is 1. The molecule has 3 aromatic rings. The van der Waals surface area contributed by atoms with Crippen LogP contribution in [0.2, 0.25) is 5.02 Å². The Balaban J connectivity index is 1.24. The number of hydrogen-bond acceptors (Lipinski definition) is 4. The number of H-pyrrole nitrogens is 1. The van der Waals surface area contributed by atoms with E-state index >= 15 is 0 Å². The van der Waals surface area contributed by atoms with Crippen molar-refractivity contribution < 1.29 is 14.3 Å². The first kappa shape index (κ1) is 21.5. The van der Waals surface area contributed by atoms with Gasteiger partial charge in [-0.3, -0.25) is 4.79 Å². The summed E-state index contributed by atoms with van der Waals surface area (Å²) in [6, 6.07) is 15.8. The second-order valence-corrected chi connectivity index (χ2v) is 8.93. The second-order valence-electron chi connectivity index (χ2n) is 8.50. The van der Waals surface area contributed by atoms with Crippen molar-refractivity contribution in [2.45, 2.75) is 44.1 Å². The summed E-state index contributed by atoms with van der Waals surface area (Å²) in [6.45, 7) is 2.05. The Bertz CT molecular complexity index is 1090. The lowest BCUT2D eigenvalue weighted by atomic mass is 10.1. The Hall–Kier alpha value is -2.38. The van der Waals surface area contributed by atoms with Crippen LogP contribution in [0.5, 0.6) is 0 Å². The first-order valence-electron chi connectivity index (χ1n) is 11.3. The van der Waals surface area contributed by atoms with Gasteiger partial charge in [0.15, 0.2) is 6.29 Å². The quantitative estimate of drug-likeness (QED) is 0.465. The van der Waals surface area contributed by atoms with E-state index in [9.17, 15) is 4.79 Å². The highest BCUT2D eigenvalue weighted by Gasteiger charge is 2.33. The van der Waals surface area contributed by atoms with Crippen molar-refractivity contribution in [1.82, 2.24) is 15.6 Å². The lowest BCUT2D eigenvalue weighted by Crippen LogP contribution is -2.43. The Labute approximate surface area is 192 Å². The number of ether oxygens (including phenoxy) is 2. The number of aromatic amines is 1. The highest BCUT2D eigenvalue weighted by molar-refractivity contribution is 6.31. The van der Waals surface area contributed by atoms with Crippen molar-refractivity contribution in [3.05, 3.63) is 70.4 Å². The molecule has 1 fully saturated rings. The first-order chi connectivity index (χ1) is 15.7. The fraction of sp³-hybridized carbons (Fsp3) is 0.400. The van der Waals surface area contributed by atoms with E-state index in [2.05, 4.69) is 27.8 Å². The predicted molar refractivity (Wildman–Crippen MR) is 125 cm³/mol. The zero-order valence-electron chi connectivity index (χ0n) is 17.9. The first-order valence-corrected chi connectivity index (χ1v) is 11.7. The van der Waals surface area contributed by atoms with Gasteiger partial charge in [-0.05, 0) is 61.1 Å². The van der Waals surface area contributed by atoms with Gasteiger partial charge in [-0.25, -0.2) is 0 Å². The molecular weight excluding hydrogens is 426 g/mol. The lowest BCUT2D eigenvalue weighted by molar-refractivity contribution is -0.161. The average molecular weight is 454 g/mol. The summed E-state index contributed by atoms with van der Waals surface area (Å²) in [6.07, 6.45) is 3.93. The van der Waals surface area contributed by atoms with Gasteiger partial charge in [-0.1, -0.05) is 35.9 Å². The van der Waals surface area contributed by atoms with E-state index in [0.717, 1.165) is 43.2 Å². The molecule has 5 rings (SSSR count). The number of fused-ring (bicyclic) bond motifs is 2. The van der Waals surface area contributed by atoms with E-state index in [1.165, 1.54) is 11.1 Å². The summed E-state index contributed by atoms with van der Waals surface area (Å²) < 4.78 is 11.5. The number of carbonyl (C=O) groups excluding carboxylic acids is 1. The summed E-state index contributed by atoms with van der Waals surface area (Å²) in [7, 11) is 0. The molecule has 1 aromatic heterocycles. The molecule has 3 unspecified atom stereocenters. The predicted octanol–water partition coefficient (Wildman–Crippen LogP) is 4.35. The maximum absolute atomic E-state index is 13.0. The number of hydrogen-bond donors (Lipinski definition) is 3. The van der Waals surface area contributed by atoms with Crippen molar-refractivity contribution in [3.8, 4) is 0 Å². The maximum atomic E-state index is 13.0. The minimum absolute atomic E-state index is 0.0323. The summed E-state index contributed by atoms with van der Waals surface area (Å²) >= 11 is 6.08. The largest absolute Gasteiger partial charge is 0.353 e. The average Bonchev–Trinajstić information content (AvgIpc) is 3.38. The topological polar surface area (TPSA) is 75.4 Å². The van der Waals surface area contributed by atoms with Gasteiger partial charge in [0, 0.05) is 29.1 Å². The number of amides is 1. The highest BCUT2D eigenvalue weighted by Crippen LogP contribution is 2.31. The minimum Gasteiger partial charge on any atom is -0.353 e. The van der Waals surface area contributed by atoms with Gasteiger partial charge < -0.3 is 25.1 Å². The van der Waals surface area contributed by atoms with Crippen LogP contribution in [0.1, 0.15) is 46.9 Å². The van der Waals surface area contributed by atoms with E-state index in [4.69, 9.17) is 21.1 Å². The molecular formula is C25H28ClN3O3. The van der Waals surface area contributed by atoms with Crippen LogP contribution in [0, 0.1) is 0 Å². The number of halogens is 1. The molecule has 3 N–H and O–H groups in total. The molecule has 0 saturated carbocycles. The normalized spacial score (nSPS) is 22.7. The van der Waals surface area contributed by atoms with Crippen LogP contribution in [-0.2, 0) is 15.9 Å². The van der Waals surface area contributed by atoms with E-state index in [-0.39, 0.29) is 24.3 Å². The number of rotatable bonds is 7. The Kier molecular flexibility index (Phi) is 6.46. The van der Waals surface area contributed by atoms with Gasteiger partial charge in [-0.15, -0.1) is 0 Å². The van der Waals surface area contributed by atoms with Gasteiger partial charge in [0.1, 0.15) is 5.69 Å². The summed E-state index contributed by atoms with van der Waals surface area (Å²) in [5.74, 6) is -0.117. The summed E-state index contributed by atoms with van der Waals surface area (Å²) in [5, 5.41) is 8.40. The SMILES string of the molecule is O=C(NC1Cc2ccccc2C1NCCOC1CCCCO1)c1cc2cc(Cl)ccc2[nH]1. The molecule has 2 heterocycles. The van der Waals surface area contributed by atoms with Gasteiger partial charge in [0.25, 0.3) is 5.91 Å². The molecule has 2 aromatic carbocycles. The minimum atomic E-state index is -0.117. The van der Waals surface area contributed by atoms with E-state index in [1.807, 2.05) is 36.4 Å². The van der Waals surface area contributed by atoms with Gasteiger partial charge in [0.2, 0.25) is 0 Å². The van der Waals surface area contributed by atoms with Crippen LogP contribution in [0.3, 0.4) is 0 Å². The molecule has 6 nitrogen and oxygen atoms in total. The number of nitrogens with one attached hydrogen (secondary N) is 3. The monoisotopic (exact) mass is 453 g/mol. The third-order valence-electron chi connectivity index (χ3n) is 6.28. The molecule has 1 saturated heterocycles. The fourth-order valence-corrected chi connectivity index (χ4v) is 4.88. The smallest absolute Gasteiger partial charge is 0.268 e. The molecule has 0 spiro atoms. The third-order valence-corrected chi connectivity index (χ3v) is 6.52. The summed E-state index contributed by atoms with van der Waals surface area (Å²) in [4.78, 5) is 16.2. The van der Waals surface area contributed by atoms with Crippen LogP contribution in [0.25, 0.3) is 10.9 Å². The highest BCUT2D eigenvalue weighted by atomic mass is 35.5. The van der Waals surface area contributed by atoms with E-state index < -0.39 is 0 Å². The van der Waals surface area contributed by atoms with Crippen LogP contribution < -0.4 is 10.6 Å². The molecule has 32 heavy (non-hydrogen) atoms. The number of benzene rings is 2. The molecule has 7 heteroatoms. The molecule has 3 atom stereocenters. The molecule has 0 radical (unpaired) electrons. The van der Waals surface area contributed by atoms with Crippen molar-refractivity contribution in [2.75, 3.05) is 19.8 Å². The molecule has 168 valence electrons.